The van der Waals surface area contributed by atoms with Gasteiger partial charge in [0.25, 0.3) is 0 Å². The topological polar surface area (TPSA) is 110 Å². The Balaban J connectivity index is 2.64. The molecule has 0 bridgehead atoms. The number of nitrogens with zero attached hydrogens (tertiary/aromatic N) is 3. The molecule has 0 fully saturated rings. The van der Waals surface area contributed by atoms with Gasteiger partial charge in [-0.15, -0.1) is 10.2 Å². The van der Waals surface area contributed by atoms with E-state index in [1.54, 1.807) is 18.2 Å². The number of guanidine groups is 1. The van der Waals surface area contributed by atoms with Crippen molar-refractivity contribution in [3.63, 3.8) is 0 Å². The predicted molar refractivity (Wildman–Crippen MR) is 78.8 cm³/mol. The molecule has 8 heteroatoms. The van der Waals surface area contributed by atoms with Crippen LogP contribution in [0.2, 0.25) is 5.02 Å². The number of aromatic hydroxyl groups is 1. The molecule has 1 aromatic carbocycles. The lowest BCUT2D eigenvalue weighted by Gasteiger charge is -2.08. The summed E-state index contributed by atoms with van der Waals surface area (Å²) in [5.74, 6) is -1.26. The van der Waals surface area contributed by atoms with Gasteiger partial charge < -0.3 is 16.6 Å². The van der Waals surface area contributed by atoms with E-state index < -0.39 is 5.82 Å². The zero-order chi connectivity index (χ0) is 15.4. The van der Waals surface area contributed by atoms with Crippen LogP contribution in [0.25, 0.3) is 0 Å². The van der Waals surface area contributed by atoms with E-state index in [0.717, 1.165) is 12.1 Å². The molecule has 0 aliphatic carbocycles. The van der Waals surface area contributed by atoms with Crippen LogP contribution in [-0.4, -0.2) is 21.8 Å². The fraction of sp³-hybridized carbons (Fsp3) is 0. The van der Waals surface area contributed by atoms with Gasteiger partial charge in [0.15, 0.2) is 0 Å². The van der Waals surface area contributed by atoms with E-state index >= 15 is 0 Å². The van der Waals surface area contributed by atoms with Gasteiger partial charge >= 0.3 is 0 Å². The van der Waals surface area contributed by atoms with Gasteiger partial charge in [0, 0.05) is 17.8 Å². The molecule has 0 atom stereocenters. The Morgan fingerprint density at radius 1 is 1.24 bits per heavy atom. The Kier molecular flexibility index (Phi) is 4.34. The van der Waals surface area contributed by atoms with Crippen LogP contribution in [0.1, 0.15) is 11.3 Å². The summed E-state index contributed by atoms with van der Waals surface area (Å²) in [6.45, 7) is 0. The predicted octanol–water partition coefficient (Wildman–Crippen LogP) is 1.61. The summed E-state index contributed by atoms with van der Waals surface area (Å²) < 4.78 is 13.6. The number of rotatable bonds is 3. The van der Waals surface area contributed by atoms with E-state index in [9.17, 15) is 9.50 Å². The van der Waals surface area contributed by atoms with Gasteiger partial charge in [-0.25, -0.2) is 4.39 Å². The van der Waals surface area contributed by atoms with Gasteiger partial charge in [-0.05, 0) is 18.2 Å². The first-order valence-corrected chi connectivity index (χ1v) is 6.13. The minimum Gasteiger partial charge on any atom is -0.507 e. The Morgan fingerprint density at radius 2 is 2.00 bits per heavy atom. The van der Waals surface area contributed by atoms with Crippen molar-refractivity contribution in [1.82, 2.24) is 4.98 Å². The minimum absolute atomic E-state index is 0.0700. The molecule has 0 aliphatic rings. The van der Waals surface area contributed by atoms with E-state index in [1.165, 1.54) is 6.20 Å². The average Bonchev–Trinajstić information content (AvgIpc) is 2.45. The van der Waals surface area contributed by atoms with Crippen LogP contribution >= 0.6 is 11.6 Å². The SMILES string of the molecule is NC(N)=N/N=C(\c1ccccn1)c1cc(F)c(Cl)cc1O. The minimum atomic E-state index is -0.710. The van der Waals surface area contributed by atoms with Crippen LogP contribution in [0.4, 0.5) is 4.39 Å². The van der Waals surface area contributed by atoms with Crippen molar-refractivity contribution in [2.75, 3.05) is 0 Å². The molecule has 108 valence electrons. The highest BCUT2D eigenvalue weighted by Crippen LogP contribution is 2.27. The van der Waals surface area contributed by atoms with Gasteiger partial charge in [-0.1, -0.05) is 17.7 Å². The van der Waals surface area contributed by atoms with Gasteiger partial charge in [0.1, 0.15) is 17.3 Å². The van der Waals surface area contributed by atoms with Crippen molar-refractivity contribution < 1.29 is 9.50 Å². The first-order chi connectivity index (χ1) is 9.99. The molecule has 6 nitrogen and oxygen atoms in total. The van der Waals surface area contributed by atoms with Crippen molar-refractivity contribution >= 4 is 23.3 Å². The van der Waals surface area contributed by atoms with Gasteiger partial charge in [0.2, 0.25) is 5.96 Å². The third kappa shape index (κ3) is 3.46. The molecule has 2 aromatic rings. The molecule has 0 spiro atoms. The summed E-state index contributed by atoms with van der Waals surface area (Å²) in [7, 11) is 0. The highest BCUT2D eigenvalue weighted by atomic mass is 35.5. The second-order valence-electron chi connectivity index (χ2n) is 3.97. The van der Waals surface area contributed by atoms with Gasteiger partial charge in [0.05, 0.1) is 10.7 Å². The van der Waals surface area contributed by atoms with E-state index in [1.807, 2.05) is 0 Å². The normalized spacial score (nSPS) is 11.2. The molecule has 1 heterocycles. The highest BCUT2D eigenvalue weighted by molar-refractivity contribution is 6.31. The van der Waals surface area contributed by atoms with E-state index in [0.29, 0.717) is 5.69 Å². The molecule has 0 saturated heterocycles. The zero-order valence-electron chi connectivity index (χ0n) is 10.7. The number of phenolic OH excluding ortho intramolecular Hbond substituents is 1. The summed E-state index contributed by atoms with van der Waals surface area (Å²) in [5.41, 5.74) is 11.0. The molecular weight excluding hydrogens is 297 g/mol. The summed E-state index contributed by atoms with van der Waals surface area (Å²) in [6.07, 6.45) is 1.52. The Labute approximate surface area is 124 Å². The van der Waals surface area contributed by atoms with Crippen LogP contribution in [0.5, 0.6) is 5.75 Å². The number of halogens is 2. The summed E-state index contributed by atoms with van der Waals surface area (Å²) >= 11 is 5.61. The van der Waals surface area contributed by atoms with Crippen molar-refractivity contribution in [2.24, 2.45) is 21.7 Å². The number of pyridine rings is 1. The maximum atomic E-state index is 13.6. The number of nitrogens with two attached hydrogens (primary N) is 2. The third-order valence-corrected chi connectivity index (χ3v) is 2.76. The Morgan fingerprint density at radius 3 is 2.62 bits per heavy atom. The second-order valence-corrected chi connectivity index (χ2v) is 4.38. The lowest BCUT2D eigenvalue weighted by molar-refractivity contribution is 0.472. The smallest absolute Gasteiger partial charge is 0.211 e. The molecule has 1 aromatic heterocycles. The number of hydrogen-bond acceptors (Lipinski definition) is 4. The van der Waals surface area contributed by atoms with E-state index in [-0.39, 0.29) is 28.0 Å². The Hall–Kier alpha value is -2.67. The number of hydrogen-bond donors (Lipinski definition) is 3. The van der Waals surface area contributed by atoms with Crippen molar-refractivity contribution in [3.8, 4) is 5.75 Å². The van der Waals surface area contributed by atoms with Crippen LogP contribution < -0.4 is 11.5 Å². The number of phenols is 1. The maximum absolute atomic E-state index is 13.6. The van der Waals surface area contributed by atoms with Crippen LogP contribution in [0, 0.1) is 5.82 Å². The monoisotopic (exact) mass is 307 g/mol. The molecule has 5 N–H and O–H groups in total. The molecule has 0 amide bonds. The number of benzene rings is 1. The standard InChI is InChI=1S/C13H11ClFN5O/c14-8-6-11(21)7(5-9(8)15)12(19-20-13(16)17)10-3-1-2-4-18-10/h1-6,21H,(H4,16,17,20)/b19-12-. The van der Waals surface area contributed by atoms with Crippen LogP contribution in [0.3, 0.4) is 0 Å². The van der Waals surface area contributed by atoms with E-state index in [2.05, 4.69) is 15.2 Å². The second kappa shape index (κ2) is 6.19. The highest BCUT2D eigenvalue weighted by Gasteiger charge is 2.16. The quantitative estimate of drug-likeness (QED) is 0.454. The third-order valence-electron chi connectivity index (χ3n) is 2.47. The molecule has 0 unspecified atom stereocenters. The van der Waals surface area contributed by atoms with Crippen molar-refractivity contribution in [3.05, 3.63) is 58.6 Å². The number of aromatic nitrogens is 1. The molecule has 0 aliphatic heterocycles. The molecular formula is C13H11ClFN5O. The van der Waals surface area contributed by atoms with Crippen molar-refractivity contribution in [2.45, 2.75) is 0 Å². The maximum Gasteiger partial charge on any atom is 0.211 e. The lowest BCUT2D eigenvalue weighted by atomic mass is 10.1. The lowest BCUT2D eigenvalue weighted by Crippen LogP contribution is -2.22. The van der Waals surface area contributed by atoms with Crippen molar-refractivity contribution in [1.29, 1.82) is 0 Å². The Bertz CT molecular complexity index is 714. The summed E-state index contributed by atoms with van der Waals surface area (Å²) in [4.78, 5) is 4.08. The molecule has 0 saturated carbocycles. The van der Waals surface area contributed by atoms with Gasteiger partial charge in [-0.3, -0.25) is 4.98 Å². The molecule has 21 heavy (non-hydrogen) atoms. The zero-order valence-corrected chi connectivity index (χ0v) is 11.4. The molecule has 0 radical (unpaired) electrons. The fourth-order valence-corrected chi connectivity index (χ4v) is 1.74. The summed E-state index contributed by atoms with van der Waals surface area (Å²) in [5, 5.41) is 17.1. The fourth-order valence-electron chi connectivity index (χ4n) is 1.58. The average molecular weight is 308 g/mol. The summed E-state index contributed by atoms with van der Waals surface area (Å²) in [6, 6.07) is 7.13. The van der Waals surface area contributed by atoms with Crippen LogP contribution in [-0.2, 0) is 0 Å². The largest absolute Gasteiger partial charge is 0.507 e. The van der Waals surface area contributed by atoms with E-state index in [4.69, 9.17) is 23.1 Å². The first-order valence-electron chi connectivity index (χ1n) is 5.75. The molecule has 2 rings (SSSR count). The van der Waals surface area contributed by atoms with Gasteiger partial charge in [-0.2, -0.15) is 0 Å². The first kappa shape index (κ1) is 14.7. The van der Waals surface area contributed by atoms with Crippen LogP contribution in [0.15, 0.2) is 46.7 Å².